The van der Waals surface area contributed by atoms with Gasteiger partial charge in [0.15, 0.2) is 0 Å². The molecule has 0 heterocycles. The molecule has 0 aliphatic carbocycles. The number of esters is 1. The maximum Gasteiger partial charge on any atom is 0.339 e. The Labute approximate surface area is 169 Å². The summed E-state index contributed by atoms with van der Waals surface area (Å²) in [5.74, 6) is -1.42. The molecule has 0 radical (unpaired) electrons. The van der Waals surface area contributed by atoms with E-state index in [1.54, 1.807) is 24.3 Å². The number of anilines is 1. The Morgan fingerprint density at radius 3 is 1.62 bits per heavy atom. The smallest absolute Gasteiger partial charge is 0.339 e. The molecule has 0 aliphatic heterocycles. The Morgan fingerprint density at radius 1 is 0.690 bits per heavy atom. The first-order valence-corrected chi connectivity index (χ1v) is 9.21. The van der Waals surface area contributed by atoms with Crippen LogP contribution in [0.5, 0.6) is 0 Å². The number of carbonyl (C=O) groups excluding carboxylic acids is 3. The van der Waals surface area contributed by atoms with Crippen molar-refractivity contribution in [2.45, 2.75) is 12.8 Å². The molecule has 0 aromatic heterocycles. The lowest BCUT2D eigenvalue weighted by molar-refractivity contribution is -0.125. The highest BCUT2D eigenvalue weighted by atomic mass is 16.5. The van der Waals surface area contributed by atoms with Crippen LogP contribution in [0.2, 0.25) is 0 Å². The second kappa shape index (κ2) is 9.46. The Balaban J connectivity index is 1.98. The maximum absolute atomic E-state index is 13.2. The SMILES string of the molecule is COC(=O)c1ccccc1N(C(=O)Cc1ccccc1)C(=O)Cc1ccccc1. The number of ether oxygens (including phenoxy) is 1. The number of imide groups is 1. The zero-order valence-electron chi connectivity index (χ0n) is 16.1. The van der Waals surface area contributed by atoms with Gasteiger partial charge in [-0.05, 0) is 23.3 Å². The summed E-state index contributed by atoms with van der Waals surface area (Å²) in [4.78, 5) is 39.6. The van der Waals surface area contributed by atoms with Crippen LogP contribution in [0.15, 0.2) is 84.9 Å². The van der Waals surface area contributed by atoms with Crippen molar-refractivity contribution < 1.29 is 19.1 Å². The fourth-order valence-electron chi connectivity index (χ4n) is 3.06. The zero-order chi connectivity index (χ0) is 20.6. The quantitative estimate of drug-likeness (QED) is 0.603. The van der Waals surface area contributed by atoms with Crippen molar-refractivity contribution in [3.8, 4) is 0 Å². The molecule has 0 bridgehead atoms. The van der Waals surface area contributed by atoms with E-state index in [0.29, 0.717) is 0 Å². The van der Waals surface area contributed by atoms with Gasteiger partial charge in [-0.1, -0.05) is 72.8 Å². The molecule has 2 amide bonds. The van der Waals surface area contributed by atoms with Crippen LogP contribution in [0.3, 0.4) is 0 Å². The normalized spacial score (nSPS) is 10.2. The van der Waals surface area contributed by atoms with Crippen LogP contribution in [0.1, 0.15) is 21.5 Å². The fraction of sp³-hybridized carbons (Fsp3) is 0.125. The molecule has 3 rings (SSSR count). The van der Waals surface area contributed by atoms with E-state index in [-0.39, 0.29) is 24.1 Å². The summed E-state index contributed by atoms with van der Waals surface area (Å²) in [5, 5.41) is 0. The van der Waals surface area contributed by atoms with Crippen LogP contribution in [-0.2, 0) is 27.2 Å². The van der Waals surface area contributed by atoms with E-state index in [0.717, 1.165) is 16.0 Å². The summed E-state index contributed by atoms with van der Waals surface area (Å²) in [6, 6.07) is 24.8. The Kier molecular flexibility index (Phi) is 6.53. The second-order valence-electron chi connectivity index (χ2n) is 6.46. The largest absolute Gasteiger partial charge is 0.465 e. The number of hydrogen-bond donors (Lipinski definition) is 0. The first kappa shape index (κ1) is 20.0. The van der Waals surface area contributed by atoms with E-state index in [1.165, 1.54) is 7.11 Å². The van der Waals surface area contributed by atoms with E-state index in [1.807, 2.05) is 60.7 Å². The topological polar surface area (TPSA) is 63.7 Å². The van der Waals surface area contributed by atoms with Gasteiger partial charge in [0.1, 0.15) is 0 Å². The van der Waals surface area contributed by atoms with Gasteiger partial charge in [-0.2, -0.15) is 0 Å². The molecule has 0 fully saturated rings. The van der Waals surface area contributed by atoms with Crippen molar-refractivity contribution in [2.24, 2.45) is 0 Å². The monoisotopic (exact) mass is 387 g/mol. The highest BCUT2D eigenvalue weighted by Crippen LogP contribution is 2.24. The van der Waals surface area contributed by atoms with Crippen LogP contribution >= 0.6 is 0 Å². The van der Waals surface area contributed by atoms with Gasteiger partial charge in [0.2, 0.25) is 11.8 Å². The maximum atomic E-state index is 13.2. The van der Waals surface area contributed by atoms with E-state index in [9.17, 15) is 14.4 Å². The van der Waals surface area contributed by atoms with Gasteiger partial charge in [-0.15, -0.1) is 0 Å². The summed E-state index contributed by atoms with van der Waals surface area (Å²) in [5.41, 5.74) is 1.95. The third kappa shape index (κ3) is 4.96. The third-order valence-corrected chi connectivity index (χ3v) is 4.45. The highest BCUT2D eigenvalue weighted by Gasteiger charge is 2.27. The lowest BCUT2D eigenvalue weighted by Gasteiger charge is -2.23. The molecule has 0 unspecified atom stereocenters. The molecule has 3 aromatic rings. The number of hydrogen-bond acceptors (Lipinski definition) is 4. The van der Waals surface area contributed by atoms with Crippen LogP contribution in [-0.4, -0.2) is 24.9 Å². The van der Waals surface area contributed by atoms with Crippen LogP contribution in [0.4, 0.5) is 5.69 Å². The Hall–Kier alpha value is -3.73. The molecular weight excluding hydrogens is 366 g/mol. The molecule has 0 atom stereocenters. The number of para-hydroxylation sites is 1. The number of amides is 2. The molecule has 29 heavy (non-hydrogen) atoms. The van der Waals surface area contributed by atoms with Gasteiger partial charge in [-0.3, -0.25) is 9.59 Å². The second-order valence-corrected chi connectivity index (χ2v) is 6.46. The summed E-state index contributed by atoms with van der Waals surface area (Å²) >= 11 is 0. The van der Waals surface area contributed by atoms with Gasteiger partial charge < -0.3 is 4.74 Å². The van der Waals surface area contributed by atoms with E-state index >= 15 is 0 Å². The molecule has 5 nitrogen and oxygen atoms in total. The summed E-state index contributed by atoms with van der Waals surface area (Å²) < 4.78 is 4.83. The number of rotatable bonds is 6. The molecule has 146 valence electrons. The van der Waals surface area contributed by atoms with Gasteiger partial charge in [0.05, 0.1) is 31.2 Å². The van der Waals surface area contributed by atoms with Crippen LogP contribution in [0, 0.1) is 0 Å². The molecule has 0 aliphatic rings. The lowest BCUT2D eigenvalue weighted by Crippen LogP contribution is -2.40. The predicted molar refractivity (Wildman–Crippen MR) is 111 cm³/mol. The Bertz CT molecular complexity index is 946. The van der Waals surface area contributed by atoms with Gasteiger partial charge in [0, 0.05) is 0 Å². The first-order chi connectivity index (χ1) is 14.1. The highest BCUT2D eigenvalue weighted by molar-refractivity contribution is 6.18. The van der Waals surface area contributed by atoms with Crippen molar-refractivity contribution in [2.75, 3.05) is 12.0 Å². The minimum absolute atomic E-state index is 0.0386. The summed E-state index contributed by atoms with van der Waals surface area (Å²) in [7, 11) is 1.26. The molecule has 3 aromatic carbocycles. The molecule has 0 saturated heterocycles. The zero-order valence-corrected chi connectivity index (χ0v) is 16.1. The summed E-state index contributed by atoms with van der Waals surface area (Å²) in [6.45, 7) is 0. The van der Waals surface area contributed by atoms with Crippen LogP contribution < -0.4 is 4.90 Å². The third-order valence-electron chi connectivity index (χ3n) is 4.45. The van der Waals surface area contributed by atoms with Gasteiger partial charge in [-0.25, -0.2) is 9.69 Å². The van der Waals surface area contributed by atoms with Gasteiger partial charge >= 0.3 is 5.97 Å². The first-order valence-electron chi connectivity index (χ1n) is 9.21. The van der Waals surface area contributed by atoms with Crippen molar-refractivity contribution in [1.29, 1.82) is 0 Å². The lowest BCUT2D eigenvalue weighted by atomic mass is 10.1. The molecule has 0 spiro atoms. The van der Waals surface area contributed by atoms with E-state index in [4.69, 9.17) is 4.74 Å². The number of carbonyl (C=O) groups is 3. The standard InChI is InChI=1S/C24H21NO4/c1-29-24(28)20-14-8-9-15-21(20)25(22(26)16-18-10-4-2-5-11-18)23(27)17-19-12-6-3-7-13-19/h2-15H,16-17H2,1H3. The molecule has 0 N–H and O–H groups in total. The van der Waals surface area contributed by atoms with Crippen molar-refractivity contribution in [3.05, 3.63) is 102 Å². The van der Waals surface area contributed by atoms with Gasteiger partial charge in [0.25, 0.3) is 0 Å². The molecular formula is C24H21NO4. The average Bonchev–Trinajstić information content (AvgIpc) is 2.75. The Morgan fingerprint density at radius 2 is 1.14 bits per heavy atom. The predicted octanol–water partition coefficient (Wildman–Crippen LogP) is 3.82. The number of benzene rings is 3. The van der Waals surface area contributed by atoms with Crippen molar-refractivity contribution in [1.82, 2.24) is 0 Å². The average molecular weight is 387 g/mol. The van der Waals surface area contributed by atoms with Crippen molar-refractivity contribution >= 4 is 23.5 Å². The van der Waals surface area contributed by atoms with Crippen LogP contribution in [0.25, 0.3) is 0 Å². The van der Waals surface area contributed by atoms with E-state index < -0.39 is 17.8 Å². The molecule has 5 heteroatoms. The minimum atomic E-state index is -0.606. The number of nitrogens with zero attached hydrogens (tertiary/aromatic N) is 1. The fourth-order valence-corrected chi connectivity index (χ4v) is 3.06. The molecule has 0 saturated carbocycles. The minimum Gasteiger partial charge on any atom is -0.465 e. The van der Waals surface area contributed by atoms with E-state index in [2.05, 4.69) is 0 Å². The summed E-state index contributed by atoms with van der Waals surface area (Å²) in [6.07, 6.45) is 0.0771. The number of methoxy groups -OCH3 is 1. The van der Waals surface area contributed by atoms with Crippen molar-refractivity contribution in [3.63, 3.8) is 0 Å².